The molecule has 0 aliphatic carbocycles. The van der Waals surface area contributed by atoms with Gasteiger partial charge < -0.3 is 9.42 Å². The number of carbonyl (C=O) groups is 1. The van der Waals surface area contributed by atoms with Gasteiger partial charge in [0.15, 0.2) is 5.76 Å². The summed E-state index contributed by atoms with van der Waals surface area (Å²) >= 11 is 0. The third kappa shape index (κ3) is 3.31. The van der Waals surface area contributed by atoms with Crippen molar-refractivity contribution in [3.63, 3.8) is 0 Å². The Bertz CT molecular complexity index is 750. The molecule has 0 radical (unpaired) electrons. The van der Waals surface area contributed by atoms with Crippen molar-refractivity contribution < 1.29 is 9.32 Å². The van der Waals surface area contributed by atoms with Gasteiger partial charge in [-0.05, 0) is 13.0 Å². The van der Waals surface area contributed by atoms with Crippen LogP contribution in [0.2, 0.25) is 0 Å². The smallest absolute Gasteiger partial charge is 0.259 e. The van der Waals surface area contributed by atoms with Crippen molar-refractivity contribution in [1.29, 1.82) is 0 Å². The third-order valence-corrected chi connectivity index (χ3v) is 3.66. The van der Waals surface area contributed by atoms with Crippen LogP contribution in [0.15, 0.2) is 59.5 Å². The number of hydrogen-bond donors (Lipinski definition) is 0. The summed E-state index contributed by atoms with van der Waals surface area (Å²) in [6, 6.07) is 11.4. The highest BCUT2D eigenvalue weighted by atomic mass is 16.5. The van der Waals surface area contributed by atoms with E-state index in [4.69, 9.17) is 4.52 Å². The van der Waals surface area contributed by atoms with E-state index >= 15 is 0 Å². The maximum absolute atomic E-state index is 12.8. The van der Waals surface area contributed by atoms with E-state index in [0.717, 1.165) is 5.56 Å². The summed E-state index contributed by atoms with van der Waals surface area (Å²) in [5, 5.41) is 7.96. The van der Waals surface area contributed by atoms with Gasteiger partial charge in [0.05, 0.1) is 12.7 Å². The molecule has 0 saturated carbocycles. The van der Waals surface area contributed by atoms with Crippen molar-refractivity contribution in [2.24, 2.45) is 0 Å². The number of amides is 1. The molecule has 3 aromatic rings. The minimum absolute atomic E-state index is 0.0836. The average molecular weight is 310 g/mol. The van der Waals surface area contributed by atoms with Crippen LogP contribution in [0.4, 0.5) is 0 Å². The molecule has 1 amide bonds. The fourth-order valence-electron chi connectivity index (χ4n) is 2.42. The molecule has 1 aromatic carbocycles. The molecule has 0 spiro atoms. The minimum Gasteiger partial charge on any atom is -0.355 e. The van der Waals surface area contributed by atoms with E-state index in [0.29, 0.717) is 31.0 Å². The van der Waals surface area contributed by atoms with Crippen molar-refractivity contribution in [3.05, 3.63) is 60.6 Å². The summed E-state index contributed by atoms with van der Waals surface area (Å²) in [6.45, 7) is 3.80. The van der Waals surface area contributed by atoms with Crippen molar-refractivity contribution >= 4 is 5.91 Å². The zero-order chi connectivity index (χ0) is 16.1. The molecule has 0 fully saturated rings. The Morgan fingerprint density at radius 1 is 1.26 bits per heavy atom. The number of carbonyl (C=O) groups excluding carboxylic acids is 1. The van der Waals surface area contributed by atoms with Gasteiger partial charge in [-0.3, -0.25) is 9.48 Å². The number of benzene rings is 1. The lowest BCUT2D eigenvalue weighted by Gasteiger charge is -2.20. The molecule has 0 unspecified atom stereocenters. The SMILES string of the molecule is CCN(CCn1cccn1)C(=O)c1cnoc1-c1ccccc1. The zero-order valence-electron chi connectivity index (χ0n) is 12.9. The van der Waals surface area contributed by atoms with Crippen molar-refractivity contribution in [1.82, 2.24) is 19.8 Å². The maximum Gasteiger partial charge on any atom is 0.259 e. The Balaban J connectivity index is 1.78. The molecular formula is C17H18N4O2. The Morgan fingerprint density at radius 3 is 2.78 bits per heavy atom. The molecule has 0 aliphatic rings. The summed E-state index contributed by atoms with van der Waals surface area (Å²) in [5.74, 6) is 0.424. The lowest BCUT2D eigenvalue weighted by Crippen LogP contribution is -2.33. The lowest BCUT2D eigenvalue weighted by molar-refractivity contribution is 0.0757. The molecule has 0 atom stereocenters. The fraction of sp³-hybridized carbons (Fsp3) is 0.235. The average Bonchev–Trinajstić information content (AvgIpc) is 3.27. The second-order valence-electron chi connectivity index (χ2n) is 5.09. The summed E-state index contributed by atoms with van der Waals surface area (Å²) in [4.78, 5) is 14.6. The van der Waals surface area contributed by atoms with Crippen LogP contribution in [0.25, 0.3) is 11.3 Å². The molecule has 0 N–H and O–H groups in total. The Morgan fingerprint density at radius 2 is 2.09 bits per heavy atom. The van der Waals surface area contributed by atoms with E-state index in [1.165, 1.54) is 6.20 Å². The van der Waals surface area contributed by atoms with Crippen LogP contribution in [0.1, 0.15) is 17.3 Å². The second kappa shape index (κ2) is 6.91. The maximum atomic E-state index is 12.8. The van der Waals surface area contributed by atoms with Crippen molar-refractivity contribution in [2.45, 2.75) is 13.5 Å². The minimum atomic E-state index is -0.0836. The predicted octanol–water partition coefficient (Wildman–Crippen LogP) is 2.70. The van der Waals surface area contributed by atoms with Gasteiger partial charge in [-0.15, -0.1) is 0 Å². The predicted molar refractivity (Wildman–Crippen MR) is 85.7 cm³/mol. The molecule has 2 heterocycles. The van der Waals surface area contributed by atoms with Gasteiger partial charge in [-0.2, -0.15) is 5.10 Å². The van der Waals surface area contributed by atoms with Crippen molar-refractivity contribution in [3.8, 4) is 11.3 Å². The van der Waals surface area contributed by atoms with Gasteiger partial charge >= 0.3 is 0 Å². The molecule has 0 bridgehead atoms. The van der Waals surface area contributed by atoms with E-state index in [2.05, 4.69) is 10.3 Å². The Hall–Kier alpha value is -2.89. The van der Waals surface area contributed by atoms with Crippen LogP contribution >= 0.6 is 0 Å². The van der Waals surface area contributed by atoms with E-state index in [1.807, 2.05) is 54.2 Å². The Labute approximate surface area is 134 Å². The van der Waals surface area contributed by atoms with Crippen LogP contribution < -0.4 is 0 Å². The normalized spacial score (nSPS) is 10.7. The third-order valence-electron chi connectivity index (χ3n) is 3.66. The van der Waals surface area contributed by atoms with E-state index in [9.17, 15) is 4.79 Å². The highest BCUT2D eigenvalue weighted by molar-refractivity contribution is 5.99. The monoisotopic (exact) mass is 310 g/mol. The summed E-state index contributed by atoms with van der Waals surface area (Å²) < 4.78 is 7.11. The molecule has 23 heavy (non-hydrogen) atoms. The van der Waals surface area contributed by atoms with Crippen LogP contribution in [0, 0.1) is 0 Å². The molecule has 2 aromatic heterocycles. The number of likely N-dealkylation sites (N-methyl/N-ethyl adjacent to an activating group) is 1. The van der Waals surface area contributed by atoms with Gasteiger partial charge in [0.25, 0.3) is 5.91 Å². The van der Waals surface area contributed by atoms with E-state index < -0.39 is 0 Å². The molecule has 118 valence electrons. The van der Waals surface area contributed by atoms with Gasteiger partial charge in [-0.25, -0.2) is 0 Å². The van der Waals surface area contributed by atoms with Gasteiger partial charge in [-0.1, -0.05) is 35.5 Å². The highest BCUT2D eigenvalue weighted by Crippen LogP contribution is 2.24. The largest absolute Gasteiger partial charge is 0.355 e. The molecule has 0 saturated heterocycles. The van der Waals surface area contributed by atoms with E-state index in [1.54, 1.807) is 11.1 Å². The first-order valence-corrected chi connectivity index (χ1v) is 7.56. The number of rotatable bonds is 6. The topological polar surface area (TPSA) is 64.2 Å². The van der Waals surface area contributed by atoms with Crippen LogP contribution in [0.3, 0.4) is 0 Å². The van der Waals surface area contributed by atoms with Gasteiger partial charge in [0.2, 0.25) is 0 Å². The highest BCUT2D eigenvalue weighted by Gasteiger charge is 2.22. The Kier molecular flexibility index (Phi) is 4.52. The van der Waals surface area contributed by atoms with Crippen LogP contribution in [-0.4, -0.2) is 38.8 Å². The number of hydrogen-bond acceptors (Lipinski definition) is 4. The summed E-state index contributed by atoms with van der Waals surface area (Å²) in [6.07, 6.45) is 5.10. The molecule has 3 rings (SSSR count). The fourth-order valence-corrected chi connectivity index (χ4v) is 2.42. The quantitative estimate of drug-likeness (QED) is 0.702. The molecule has 6 nitrogen and oxygen atoms in total. The van der Waals surface area contributed by atoms with Crippen LogP contribution in [-0.2, 0) is 6.54 Å². The van der Waals surface area contributed by atoms with E-state index in [-0.39, 0.29) is 5.91 Å². The first kappa shape index (κ1) is 15.0. The van der Waals surface area contributed by atoms with Crippen LogP contribution in [0.5, 0.6) is 0 Å². The zero-order valence-corrected chi connectivity index (χ0v) is 12.9. The standard InChI is InChI=1S/C17H18N4O2/c1-2-20(11-12-21-10-6-9-18-21)17(22)15-13-19-23-16(15)14-7-4-3-5-8-14/h3-10,13H,2,11-12H2,1H3. The number of aromatic nitrogens is 3. The first-order chi connectivity index (χ1) is 11.3. The summed E-state index contributed by atoms with van der Waals surface area (Å²) in [7, 11) is 0. The van der Waals surface area contributed by atoms with Gasteiger partial charge in [0.1, 0.15) is 5.56 Å². The lowest BCUT2D eigenvalue weighted by atomic mass is 10.1. The second-order valence-corrected chi connectivity index (χ2v) is 5.09. The van der Waals surface area contributed by atoms with Gasteiger partial charge in [0, 0.05) is 31.0 Å². The molecular weight excluding hydrogens is 292 g/mol. The number of nitrogens with zero attached hydrogens (tertiary/aromatic N) is 4. The molecule has 0 aliphatic heterocycles. The van der Waals surface area contributed by atoms with Crippen molar-refractivity contribution in [2.75, 3.05) is 13.1 Å². The molecule has 6 heteroatoms. The first-order valence-electron chi connectivity index (χ1n) is 7.56. The summed E-state index contributed by atoms with van der Waals surface area (Å²) in [5.41, 5.74) is 1.33.